The van der Waals surface area contributed by atoms with Gasteiger partial charge in [0.2, 0.25) is 11.8 Å². The van der Waals surface area contributed by atoms with Crippen LogP contribution in [-0.4, -0.2) is 53.8 Å². The Morgan fingerprint density at radius 1 is 1.26 bits per heavy atom. The van der Waals surface area contributed by atoms with E-state index in [0.717, 1.165) is 4.90 Å². The first-order valence-electron chi connectivity index (χ1n) is 6.41. The molecule has 1 N–H and O–H groups in total. The quantitative estimate of drug-likeness (QED) is 0.762. The van der Waals surface area contributed by atoms with E-state index in [1.54, 1.807) is 13.8 Å². The van der Waals surface area contributed by atoms with Crippen LogP contribution in [0.15, 0.2) is 0 Å². The van der Waals surface area contributed by atoms with Crippen molar-refractivity contribution in [2.45, 2.75) is 33.2 Å². The molecule has 1 aliphatic heterocycles. The van der Waals surface area contributed by atoms with Gasteiger partial charge in [-0.2, -0.15) is 0 Å². The van der Waals surface area contributed by atoms with E-state index in [1.165, 1.54) is 0 Å². The summed E-state index contributed by atoms with van der Waals surface area (Å²) in [6.07, 6.45) is 0. The fourth-order valence-corrected chi connectivity index (χ4v) is 1.90. The van der Waals surface area contributed by atoms with Gasteiger partial charge in [0.25, 0.3) is 0 Å². The summed E-state index contributed by atoms with van der Waals surface area (Å²) in [6.45, 7) is 7.73. The van der Waals surface area contributed by atoms with Crippen molar-refractivity contribution in [3.63, 3.8) is 0 Å². The average molecular weight is 269 g/mol. The molecule has 0 bridgehead atoms. The molecule has 1 heterocycles. The van der Waals surface area contributed by atoms with Crippen molar-refractivity contribution in [1.29, 1.82) is 0 Å². The van der Waals surface area contributed by atoms with Gasteiger partial charge in [-0.15, -0.1) is 0 Å². The van der Waals surface area contributed by atoms with Crippen LogP contribution in [0, 0.1) is 11.8 Å². The molecule has 1 saturated heterocycles. The first-order valence-corrected chi connectivity index (χ1v) is 6.41. The SMILES string of the molecule is CC(C)C1C(=O)NC(=O)N(CC(C)(C)N(C)C)C1=O. The topological polar surface area (TPSA) is 69.7 Å². The second-order valence-electron chi connectivity index (χ2n) is 6.15. The second kappa shape index (κ2) is 5.28. The van der Waals surface area contributed by atoms with Crippen LogP contribution in [0.2, 0.25) is 0 Å². The smallest absolute Gasteiger partial charge is 0.302 e. The predicted octanol–water partition coefficient (Wildman–Crippen LogP) is 0.677. The van der Waals surface area contributed by atoms with Crippen LogP contribution in [0.4, 0.5) is 4.79 Å². The number of likely N-dealkylation sites (N-methyl/N-ethyl adjacent to an activating group) is 1. The molecule has 19 heavy (non-hydrogen) atoms. The number of hydrogen-bond donors (Lipinski definition) is 1. The number of carbonyl (C=O) groups is 3. The first kappa shape index (κ1) is 15.6. The number of nitrogens with zero attached hydrogens (tertiary/aromatic N) is 2. The Labute approximate surface area is 114 Å². The van der Waals surface area contributed by atoms with Gasteiger partial charge in [-0.3, -0.25) is 19.8 Å². The zero-order chi connectivity index (χ0) is 15.0. The van der Waals surface area contributed by atoms with Crippen LogP contribution in [0.3, 0.4) is 0 Å². The molecule has 0 aromatic heterocycles. The molecular formula is C13H23N3O3. The van der Waals surface area contributed by atoms with Crippen molar-refractivity contribution in [3.05, 3.63) is 0 Å². The molecule has 0 aromatic carbocycles. The Kier molecular flexibility index (Phi) is 4.35. The Hall–Kier alpha value is -1.43. The van der Waals surface area contributed by atoms with Gasteiger partial charge < -0.3 is 4.90 Å². The number of barbiturate groups is 1. The van der Waals surface area contributed by atoms with E-state index in [9.17, 15) is 14.4 Å². The molecule has 0 aliphatic carbocycles. The molecule has 0 spiro atoms. The maximum absolute atomic E-state index is 12.3. The third kappa shape index (κ3) is 3.12. The summed E-state index contributed by atoms with van der Waals surface area (Å²) in [6, 6.07) is -0.623. The third-order valence-electron chi connectivity index (χ3n) is 3.71. The molecule has 4 amide bonds. The lowest BCUT2D eigenvalue weighted by atomic mass is 9.91. The van der Waals surface area contributed by atoms with E-state index in [1.807, 2.05) is 32.8 Å². The average Bonchev–Trinajstić information content (AvgIpc) is 2.23. The Bertz CT molecular complexity index is 402. The summed E-state index contributed by atoms with van der Waals surface area (Å²) in [5.74, 6) is -1.82. The highest BCUT2D eigenvalue weighted by Crippen LogP contribution is 2.22. The molecule has 1 unspecified atom stereocenters. The van der Waals surface area contributed by atoms with Gasteiger partial charge in [-0.25, -0.2) is 4.79 Å². The highest BCUT2D eigenvalue weighted by atomic mass is 16.2. The van der Waals surface area contributed by atoms with Gasteiger partial charge >= 0.3 is 6.03 Å². The lowest BCUT2D eigenvalue weighted by Gasteiger charge is -2.39. The van der Waals surface area contributed by atoms with Crippen molar-refractivity contribution < 1.29 is 14.4 Å². The van der Waals surface area contributed by atoms with Crippen molar-refractivity contribution >= 4 is 17.8 Å². The Morgan fingerprint density at radius 3 is 2.21 bits per heavy atom. The van der Waals surface area contributed by atoms with E-state index in [-0.39, 0.29) is 18.0 Å². The Morgan fingerprint density at radius 2 is 1.79 bits per heavy atom. The van der Waals surface area contributed by atoms with Crippen LogP contribution < -0.4 is 5.32 Å². The van der Waals surface area contributed by atoms with Gasteiger partial charge in [0.15, 0.2) is 0 Å². The molecule has 1 fully saturated rings. The number of urea groups is 1. The van der Waals surface area contributed by atoms with Crippen LogP contribution in [-0.2, 0) is 9.59 Å². The minimum atomic E-state index is -0.782. The molecule has 6 heteroatoms. The summed E-state index contributed by atoms with van der Waals surface area (Å²) in [5.41, 5.74) is -0.352. The van der Waals surface area contributed by atoms with Gasteiger partial charge in [-0.1, -0.05) is 13.8 Å². The molecule has 0 saturated carbocycles. The number of imide groups is 2. The standard InChI is InChI=1S/C13H23N3O3/c1-8(2)9-10(17)14-12(19)16(11(9)18)7-13(3,4)15(5)6/h8-9H,7H2,1-6H3,(H,14,17,19). The molecule has 1 rings (SSSR count). The van der Waals surface area contributed by atoms with E-state index in [2.05, 4.69) is 5.32 Å². The van der Waals surface area contributed by atoms with Crippen LogP contribution in [0.5, 0.6) is 0 Å². The molecule has 1 aliphatic rings. The lowest BCUT2D eigenvalue weighted by Crippen LogP contribution is -2.63. The molecule has 1 atom stereocenters. The van der Waals surface area contributed by atoms with Crippen molar-refractivity contribution in [3.8, 4) is 0 Å². The fraction of sp³-hybridized carbons (Fsp3) is 0.769. The summed E-state index contributed by atoms with van der Waals surface area (Å²) < 4.78 is 0. The zero-order valence-electron chi connectivity index (χ0n) is 12.5. The number of carbonyl (C=O) groups excluding carboxylic acids is 3. The number of hydrogen-bond acceptors (Lipinski definition) is 4. The monoisotopic (exact) mass is 269 g/mol. The van der Waals surface area contributed by atoms with Crippen molar-refractivity contribution in [2.75, 3.05) is 20.6 Å². The van der Waals surface area contributed by atoms with Gasteiger partial charge in [0.1, 0.15) is 5.92 Å². The fourth-order valence-electron chi connectivity index (χ4n) is 1.90. The van der Waals surface area contributed by atoms with Gasteiger partial charge in [0.05, 0.1) is 0 Å². The molecular weight excluding hydrogens is 246 g/mol. The maximum atomic E-state index is 12.3. The van der Waals surface area contributed by atoms with E-state index in [0.29, 0.717) is 0 Å². The highest BCUT2D eigenvalue weighted by Gasteiger charge is 2.43. The first-order chi connectivity index (χ1) is 8.58. The summed E-state index contributed by atoms with van der Waals surface area (Å²) in [7, 11) is 3.77. The number of rotatable bonds is 4. The largest absolute Gasteiger partial charge is 0.330 e. The number of amides is 4. The van der Waals surface area contributed by atoms with Crippen LogP contribution in [0.1, 0.15) is 27.7 Å². The van der Waals surface area contributed by atoms with Crippen LogP contribution in [0.25, 0.3) is 0 Å². The lowest BCUT2D eigenvalue weighted by molar-refractivity contribution is -0.145. The summed E-state index contributed by atoms with van der Waals surface area (Å²) in [5, 5.41) is 2.26. The maximum Gasteiger partial charge on any atom is 0.330 e. The molecule has 108 valence electrons. The summed E-state index contributed by atoms with van der Waals surface area (Å²) in [4.78, 5) is 38.9. The molecule has 6 nitrogen and oxygen atoms in total. The van der Waals surface area contributed by atoms with Gasteiger partial charge in [0, 0.05) is 12.1 Å². The molecule has 0 radical (unpaired) electrons. The summed E-state index contributed by atoms with van der Waals surface area (Å²) >= 11 is 0. The highest BCUT2D eigenvalue weighted by molar-refractivity contribution is 6.16. The minimum absolute atomic E-state index is 0.134. The van der Waals surface area contributed by atoms with Crippen LogP contribution >= 0.6 is 0 Å². The van der Waals surface area contributed by atoms with Gasteiger partial charge in [-0.05, 0) is 33.9 Å². The normalized spacial score (nSPS) is 21.4. The van der Waals surface area contributed by atoms with E-state index >= 15 is 0 Å². The third-order valence-corrected chi connectivity index (χ3v) is 3.71. The van der Waals surface area contributed by atoms with E-state index < -0.39 is 23.8 Å². The number of nitrogens with one attached hydrogen (secondary N) is 1. The van der Waals surface area contributed by atoms with E-state index in [4.69, 9.17) is 0 Å². The minimum Gasteiger partial charge on any atom is -0.302 e. The zero-order valence-corrected chi connectivity index (χ0v) is 12.5. The Balaban J connectivity index is 2.97. The molecule has 0 aromatic rings. The van der Waals surface area contributed by atoms with Crippen molar-refractivity contribution in [1.82, 2.24) is 15.1 Å². The second-order valence-corrected chi connectivity index (χ2v) is 6.15. The predicted molar refractivity (Wildman–Crippen MR) is 71.3 cm³/mol. The van der Waals surface area contributed by atoms with Crippen molar-refractivity contribution in [2.24, 2.45) is 11.8 Å².